The lowest BCUT2D eigenvalue weighted by Crippen LogP contribution is -2.48. The molecule has 1 aliphatic rings. The van der Waals surface area contributed by atoms with Crippen molar-refractivity contribution in [2.75, 3.05) is 33.2 Å². The van der Waals surface area contributed by atoms with Crippen molar-refractivity contribution in [3.8, 4) is 5.69 Å². The zero-order chi connectivity index (χ0) is 19.8. The highest BCUT2D eigenvalue weighted by Gasteiger charge is 2.23. The van der Waals surface area contributed by atoms with Crippen LogP contribution in [0.2, 0.25) is 0 Å². The minimum Gasteiger partial charge on any atom is -0.339 e. The topological polar surface area (TPSA) is 63.4 Å². The fourth-order valence-corrected chi connectivity index (χ4v) is 3.86. The summed E-state index contributed by atoms with van der Waals surface area (Å²) in [4.78, 5) is 29.8. The zero-order valence-electron chi connectivity index (χ0n) is 16.6. The van der Waals surface area contributed by atoms with E-state index in [2.05, 4.69) is 17.0 Å². The molecule has 1 saturated heterocycles. The van der Waals surface area contributed by atoms with Gasteiger partial charge in [0.2, 0.25) is 5.91 Å². The third-order valence-corrected chi connectivity index (χ3v) is 5.44. The van der Waals surface area contributed by atoms with Crippen LogP contribution in [0.3, 0.4) is 0 Å². The molecule has 0 N–H and O–H groups in total. The van der Waals surface area contributed by atoms with Crippen LogP contribution in [0.4, 0.5) is 0 Å². The van der Waals surface area contributed by atoms with Gasteiger partial charge in [0, 0.05) is 37.6 Å². The molecule has 1 aromatic carbocycles. The largest absolute Gasteiger partial charge is 0.339 e. The smallest absolute Gasteiger partial charge is 0.252 e. The van der Waals surface area contributed by atoms with Gasteiger partial charge < -0.3 is 9.80 Å². The maximum absolute atomic E-state index is 12.9. The summed E-state index contributed by atoms with van der Waals surface area (Å²) in [5, 5.41) is 5.60. The Morgan fingerprint density at radius 2 is 1.75 bits per heavy atom. The molecule has 7 heteroatoms. The van der Waals surface area contributed by atoms with E-state index in [0.29, 0.717) is 18.7 Å². The summed E-state index contributed by atoms with van der Waals surface area (Å²) in [7, 11) is 2.05. The number of fused-ring (bicyclic) bond motifs is 1. The number of aromatic nitrogens is 3. The second kappa shape index (κ2) is 7.24. The van der Waals surface area contributed by atoms with Crippen molar-refractivity contribution in [3.63, 3.8) is 0 Å². The Hall–Kier alpha value is -2.93. The fraction of sp³-hybridized carbons (Fsp3) is 0.381. The minimum absolute atomic E-state index is 0.0251. The Kier molecular flexibility index (Phi) is 4.77. The molecule has 0 atom stereocenters. The number of carbonyl (C=O) groups excluding carboxylic acids is 1. The summed E-state index contributed by atoms with van der Waals surface area (Å²) >= 11 is 0. The summed E-state index contributed by atoms with van der Waals surface area (Å²) in [6.07, 6.45) is 0. The van der Waals surface area contributed by atoms with E-state index in [4.69, 9.17) is 0 Å². The van der Waals surface area contributed by atoms with Crippen molar-refractivity contribution in [1.29, 1.82) is 0 Å². The first-order valence-electron chi connectivity index (χ1n) is 9.57. The normalized spacial score (nSPS) is 15.3. The molecule has 2 aromatic heterocycles. The summed E-state index contributed by atoms with van der Waals surface area (Å²) in [5.74, 6) is -0.0289. The first-order valence-corrected chi connectivity index (χ1v) is 9.57. The van der Waals surface area contributed by atoms with Gasteiger partial charge in [-0.25, -0.2) is 4.68 Å². The average Bonchev–Trinajstić information content (AvgIpc) is 3.04. The summed E-state index contributed by atoms with van der Waals surface area (Å²) in [6.45, 7) is 6.96. The van der Waals surface area contributed by atoms with Gasteiger partial charge in [-0.05, 0) is 38.6 Å². The lowest BCUT2D eigenvalue weighted by Gasteiger charge is -2.32. The first kappa shape index (κ1) is 18.4. The molecule has 0 unspecified atom stereocenters. The Balaban J connectivity index is 1.82. The fourth-order valence-electron chi connectivity index (χ4n) is 3.86. The van der Waals surface area contributed by atoms with E-state index in [9.17, 15) is 9.59 Å². The summed E-state index contributed by atoms with van der Waals surface area (Å²) < 4.78 is 3.34. The molecule has 28 heavy (non-hydrogen) atoms. The second-order valence-electron chi connectivity index (χ2n) is 7.47. The molecule has 3 heterocycles. The van der Waals surface area contributed by atoms with Gasteiger partial charge in [-0.2, -0.15) is 5.10 Å². The molecule has 3 aromatic rings. The van der Waals surface area contributed by atoms with Gasteiger partial charge in [0.1, 0.15) is 12.2 Å². The molecule has 0 radical (unpaired) electrons. The van der Waals surface area contributed by atoms with Gasteiger partial charge in [-0.15, -0.1) is 0 Å². The van der Waals surface area contributed by atoms with Crippen LogP contribution in [0.5, 0.6) is 0 Å². The van der Waals surface area contributed by atoms with Crippen molar-refractivity contribution >= 4 is 16.9 Å². The molecule has 0 aliphatic carbocycles. The van der Waals surface area contributed by atoms with Crippen molar-refractivity contribution in [1.82, 2.24) is 24.1 Å². The molecule has 0 spiro atoms. The third kappa shape index (κ3) is 3.22. The van der Waals surface area contributed by atoms with E-state index in [1.165, 1.54) is 0 Å². The molecule has 146 valence electrons. The highest BCUT2D eigenvalue weighted by atomic mass is 16.2. The number of benzene rings is 1. The molecular formula is C21H25N5O2. The molecule has 0 saturated carbocycles. The number of aryl methyl sites for hydroxylation is 2. The maximum atomic E-state index is 12.9. The molecule has 4 rings (SSSR count). The molecular weight excluding hydrogens is 354 g/mol. The number of likely N-dealkylation sites (N-methyl/N-ethyl adjacent to an activating group) is 1. The minimum atomic E-state index is -0.176. The van der Waals surface area contributed by atoms with Gasteiger partial charge in [0.05, 0.1) is 11.4 Å². The lowest BCUT2D eigenvalue weighted by molar-refractivity contribution is -0.133. The molecule has 1 fully saturated rings. The van der Waals surface area contributed by atoms with Gasteiger partial charge in [0.15, 0.2) is 0 Å². The van der Waals surface area contributed by atoms with Crippen molar-refractivity contribution in [2.45, 2.75) is 20.4 Å². The van der Waals surface area contributed by atoms with Crippen LogP contribution >= 0.6 is 0 Å². The second-order valence-corrected chi connectivity index (χ2v) is 7.47. The van der Waals surface area contributed by atoms with Crippen LogP contribution in [-0.4, -0.2) is 63.3 Å². The monoisotopic (exact) mass is 379 g/mol. The van der Waals surface area contributed by atoms with Gasteiger partial charge in [0.25, 0.3) is 5.56 Å². The number of hydrogen-bond acceptors (Lipinski definition) is 4. The molecule has 1 aliphatic heterocycles. The van der Waals surface area contributed by atoms with Crippen molar-refractivity contribution < 1.29 is 4.79 Å². The van der Waals surface area contributed by atoms with E-state index >= 15 is 0 Å². The van der Waals surface area contributed by atoms with Crippen LogP contribution in [0.15, 0.2) is 41.2 Å². The van der Waals surface area contributed by atoms with Gasteiger partial charge in [-0.1, -0.05) is 18.2 Å². The van der Waals surface area contributed by atoms with Crippen molar-refractivity contribution in [2.24, 2.45) is 0 Å². The Bertz CT molecular complexity index is 1080. The highest BCUT2D eigenvalue weighted by Crippen LogP contribution is 2.23. The molecule has 7 nitrogen and oxygen atoms in total. The summed E-state index contributed by atoms with van der Waals surface area (Å²) in [5.41, 5.74) is 3.09. The number of piperazine rings is 1. The van der Waals surface area contributed by atoms with E-state index in [-0.39, 0.29) is 18.0 Å². The number of nitrogens with zero attached hydrogens (tertiary/aromatic N) is 5. The number of pyridine rings is 1. The quantitative estimate of drug-likeness (QED) is 0.693. The van der Waals surface area contributed by atoms with E-state index in [0.717, 1.165) is 35.4 Å². The predicted molar refractivity (Wildman–Crippen MR) is 109 cm³/mol. The Labute approximate surface area is 163 Å². The van der Waals surface area contributed by atoms with Crippen molar-refractivity contribution in [3.05, 3.63) is 58.0 Å². The number of rotatable bonds is 3. The van der Waals surface area contributed by atoms with Crippen LogP contribution in [-0.2, 0) is 11.3 Å². The standard InChI is InChI=1S/C21H25N5O2/c1-15-13-18(27)25(14-19(28)24-11-9-23(3)10-12-24)21-20(15)16(2)22-26(21)17-7-5-4-6-8-17/h4-8,13H,9-12,14H2,1-3H3. The third-order valence-electron chi connectivity index (χ3n) is 5.44. The van der Waals surface area contributed by atoms with Gasteiger partial charge in [-0.3, -0.25) is 14.2 Å². The van der Waals surface area contributed by atoms with Crippen LogP contribution in [0.1, 0.15) is 11.3 Å². The molecule has 0 bridgehead atoms. The zero-order valence-corrected chi connectivity index (χ0v) is 16.6. The number of hydrogen-bond donors (Lipinski definition) is 0. The van der Waals surface area contributed by atoms with Gasteiger partial charge >= 0.3 is 0 Å². The Morgan fingerprint density at radius 1 is 1.07 bits per heavy atom. The first-order chi connectivity index (χ1) is 13.5. The van der Waals surface area contributed by atoms with E-state index in [1.54, 1.807) is 15.3 Å². The average molecular weight is 379 g/mol. The van der Waals surface area contributed by atoms with Crippen LogP contribution in [0.25, 0.3) is 16.7 Å². The number of amides is 1. The SMILES string of the molecule is Cc1cc(=O)n(CC(=O)N2CCN(C)CC2)c2c1c(C)nn2-c1ccccc1. The van der Waals surface area contributed by atoms with Crippen LogP contribution in [0, 0.1) is 13.8 Å². The molecule has 1 amide bonds. The summed E-state index contributed by atoms with van der Waals surface area (Å²) in [6, 6.07) is 11.3. The number of carbonyl (C=O) groups is 1. The predicted octanol–water partition coefficient (Wildman–Crippen LogP) is 1.58. The maximum Gasteiger partial charge on any atom is 0.252 e. The van der Waals surface area contributed by atoms with E-state index in [1.807, 2.05) is 49.1 Å². The van der Waals surface area contributed by atoms with Crippen LogP contribution < -0.4 is 5.56 Å². The highest BCUT2D eigenvalue weighted by molar-refractivity contribution is 5.85. The Morgan fingerprint density at radius 3 is 2.43 bits per heavy atom. The van der Waals surface area contributed by atoms with E-state index < -0.39 is 0 Å². The number of para-hydroxylation sites is 1. The lowest BCUT2D eigenvalue weighted by atomic mass is 10.1.